The van der Waals surface area contributed by atoms with Crippen molar-refractivity contribution in [2.75, 3.05) is 13.1 Å². The van der Waals surface area contributed by atoms with Gasteiger partial charge in [0.15, 0.2) is 0 Å². The van der Waals surface area contributed by atoms with Crippen LogP contribution in [0.1, 0.15) is 35.9 Å². The predicted molar refractivity (Wildman–Crippen MR) is 57.7 cm³/mol. The zero-order valence-electron chi connectivity index (χ0n) is 9.32. The highest BCUT2D eigenvalue weighted by Gasteiger charge is 2.23. The van der Waals surface area contributed by atoms with Crippen LogP contribution in [0.15, 0.2) is 16.7 Å². The molecular formula is C12H17NO2. The molecule has 15 heavy (non-hydrogen) atoms. The fourth-order valence-corrected chi connectivity index (χ4v) is 2.15. The molecule has 1 aliphatic heterocycles. The van der Waals surface area contributed by atoms with E-state index in [0.29, 0.717) is 11.5 Å². The summed E-state index contributed by atoms with van der Waals surface area (Å²) >= 11 is 0. The summed E-state index contributed by atoms with van der Waals surface area (Å²) in [6.07, 6.45) is 3.92. The van der Waals surface area contributed by atoms with Crippen molar-refractivity contribution < 1.29 is 9.21 Å². The van der Waals surface area contributed by atoms with E-state index in [1.165, 1.54) is 6.42 Å². The first-order chi connectivity index (χ1) is 7.18. The Morgan fingerprint density at radius 2 is 2.40 bits per heavy atom. The summed E-state index contributed by atoms with van der Waals surface area (Å²) in [7, 11) is 0. The number of rotatable bonds is 1. The maximum atomic E-state index is 12.1. The third-order valence-electron chi connectivity index (χ3n) is 3.03. The second-order valence-electron chi connectivity index (χ2n) is 4.39. The molecule has 2 rings (SSSR count). The van der Waals surface area contributed by atoms with E-state index in [2.05, 4.69) is 6.92 Å². The first-order valence-electron chi connectivity index (χ1n) is 5.52. The van der Waals surface area contributed by atoms with Crippen LogP contribution in [-0.2, 0) is 0 Å². The molecular weight excluding hydrogens is 190 g/mol. The molecule has 0 spiro atoms. The molecule has 3 nitrogen and oxygen atoms in total. The molecule has 0 radical (unpaired) electrons. The lowest BCUT2D eigenvalue weighted by Crippen LogP contribution is -2.39. The highest BCUT2D eigenvalue weighted by Crippen LogP contribution is 2.19. The van der Waals surface area contributed by atoms with Gasteiger partial charge in [0, 0.05) is 13.1 Å². The molecule has 0 aromatic carbocycles. The quantitative estimate of drug-likeness (QED) is 0.708. The Morgan fingerprint density at radius 1 is 1.60 bits per heavy atom. The van der Waals surface area contributed by atoms with Crippen molar-refractivity contribution in [1.82, 2.24) is 4.90 Å². The van der Waals surface area contributed by atoms with Crippen LogP contribution in [0.2, 0.25) is 0 Å². The van der Waals surface area contributed by atoms with Gasteiger partial charge in [-0.05, 0) is 31.7 Å². The molecule has 2 heterocycles. The number of nitrogens with zero attached hydrogens (tertiary/aromatic N) is 1. The van der Waals surface area contributed by atoms with Crippen molar-refractivity contribution in [3.05, 3.63) is 23.7 Å². The SMILES string of the molecule is Cc1occc1C(=O)N1CCCC(C)C1. The smallest absolute Gasteiger partial charge is 0.257 e. The van der Waals surface area contributed by atoms with Crippen molar-refractivity contribution in [3.8, 4) is 0 Å². The lowest BCUT2D eigenvalue weighted by molar-refractivity contribution is 0.0681. The summed E-state index contributed by atoms with van der Waals surface area (Å²) in [5.41, 5.74) is 0.712. The van der Waals surface area contributed by atoms with Gasteiger partial charge in [-0.1, -0.05) is 6.92 Å². The van der Waals surface area contributed by atoms with Crippen molar-refractivity contribution in [2.24, 2.45) is 5.92 Å². The average molecular weight is 207 g/mol. The molecule has 1 fully saturated rings. The van der Waals surface area contributed by atoms with E-state index in [0.717, 1.165) is 25.3 Å². The van der Waals surface area contributed by atoms with E-state index in [1.54, 1.807) is 12.3 Å². The first kappa shape index (κ1) is 10.3. The van der Waals surface area contributed by atoms with Crippen LogP contribution < -0.4 is 0 Å². The number of piperidine rings is 1. The summed E-state index contributed by atoms with van der Waals surface area (Å²) in [6, 6.07) is 1.76. The van der Waals surface area contributed by atoms with Gasteiger partial charge in [0.25, 0.3) is 5.91 Å². The van der Waals surface area contributed by atoms with Crippen molar-refractivity contribution in [2.45, 2.75) is 26.7 Å². The number of hydrogen-bond acceptors (Lipinski definition) is 2. The molecule has 1 aliphatic rings. The molecule has 1 atom stereocenters. The molecule has 1 aromatic heterocycles. The molecule has 1 unspecified atom stereocenters. The van der Waals surface area contributed by atoms with Crippen LogP contribution in [0, 0.1) is 12.8 Å². The van der Waals surface area contributed by atoms with Gasteiger partial charge in [-0.3, -0.25) is 4.79 Å². The van der Waals surface area contributed by atoms with Crippen LogP contribution >= 0.6 is 0 Å². The van der Waals surface area contributed by atoms with Gasteiger partial charge < -0.3 is 9.32 Å². The molecule has 82 valence electrons. The normalized spacial score (nSPS) is 21.7. The van der Waals surface area contributed by atoms with Gasteiger partial charge >= 0.3 is 0 Å². The molecule has 1 aromatic rings. The molecule has 1 amide bonds. The molecule has 0 aliphatic carbocycles. The van der Waals surface area contributed by atoms with E-state index >= 15 is 0 Å². The van der Waals surface area contributed by atoms with Gasteiger partial charge in [0.2, 0.25) is 0 Å². The summed E-state index contributed by atoms with van der Waals surface area (Å²) in [4.78, 5) is 14.0. The third kappa shape index (κ3) is 2.06. The van der Waals surface area contributed by atoms with Crippen LogP contribution in [0.5, 0.6) is 0 Å². The van der Waals surface area contributed by atoms with Gasteiger partial charge in [-0.25, -0.2) is 0 Å². The molecule has 0 bridgehead atoms. The van der Waals surface area contributed by atoms with Crippen LogP contribution in [0.4, 0.5) is 0 Å². The Labute approximate surface area is 90.1 Å². The topological polar surface area (TPSA) is 33.5 Å². The summed E-state index contributed by atoms with van der Waals surface area (Å²) in [5.74, 6) is 1.46. The minimum Gasteiger partial charge on any atom is -0.469 e. The number of furan rings is 1. The number of carbonyl (C=O) groups excluding carboxylic acids is 1. The summed E-state index contributed by atoms with van der Waals surface area (Å²) in [6.45, 7) is 5.79. The average Bonchev–Trinajstić information content (AvgIpc) is 2.63. The lowest BCUT2D eigenvalue weighted by atomic mass is 9.99. The number of likely N-dealkylation sites (tertiary alicyclic amines) is 1. The predicted octanol–water partition coefficient (Wildman–Crippen LogP) is 2.46. The van der Waals surface area contributed by atoms with Crippen molar-refractivity contribution in [3.63, 3.8) is 0 Å². The highest BCUT2D eigenvalue weighted by molar-refractivity contribution is 5.95. The molecule has 3 heteroatoms. The van der Waals surface area contributed by atoms with E-state index in [9.17, 15) is 4.79 Å². The van der Waals surface area contributed by atoms with Gasteiger partial charge in [0.1, 0.15) is 5.76 Å². The zero-order chi connectivity index (χ0) is 10.8. The van der Waals surface area contributed by atoms with Crippen LogP contribution in [-0.4, -0.2) is 23.9 Å². The second-order valence-corrected chi connectivity index (χ2v) is 4.39. The van der Waals surface area contributed by atoms with Crippen LogP contribution in [0.25, 0.3) is 0 Å². The van der Waals surface area contributed by atoms with Crippen LogP contribution in [0.3, 0.4) is 0 Å². The summed E-state index contributed by atoms with van der Waals surface area (Å²) < 4.78 is 5.16. The Kier molecular flexibility index (Phi) is 2.80. The lowest BCUT2D eigenvalue weighted by Gasteiger charge is -2.30. The monoisotopic (exact) mass is 207 g/mol. The largest absolute Gasteiger partial charge is 0.469 e. The Balaban J connectivity index is 2.11. The molecule has 0 saturated carbocycles. The number of amides is 1. The maximum Gasteiger partial charge on any atom is 0.257 e. The van der Waals surface area contributed by atoms with Crippen molar-refractivity contribution >= 4 is 5.91 Å². The maximum absolute atomic E-state index is 12.1. The number of aryl methyl sites for hydroxylation is 1. The Bertz CT molecular complexity index is 356. The molecule has 1 saturated heterocycles. The van der Waals surface area contributed by atoms with E-state index in [1.807, 2.05) is 11.8 Å². The third-order valence-corrected chi connectivity index (χ3v) is 3.03. The number of hydrogen-bond donors (Lipinski definition) is 0. The second kappa shape index (κ2) is 4.09. The number of carbonyl (C=O) groups is 1. The summed E-state index contributed by atoms with van der Waals surface area (Å²) in [5, 5.41) is 0. The first-order valence-corrected chi connectivity index (χ1v) is 5.52. The molecule has 0 N–H and O–H groups in total. The minimum atomic E-state index is 0.118. The van der Waals surface area contributed by atoms with Gasteiger partial charge in [0.05, 0.1) is 11.8 Å². The van der Waals surface area contributed by atoms with Gasteiger partial charge in [-0.15, -0.1) is 0 Å². The van der Waals surface area contributed by atoms with Gasteiger partial charge in [-0.2, -0.15) is 0 Å². The Morgan fingerprint density at radius 3 is 3.00 bits per heavy atom. The van der Waals surface area contributed by atoms with E-state index in [4.69, 9.17) is 4.42 Å². The van der Waals surface area contributed by atoms with E-state index in [-0.39, 0.29) is 5.91 Å². The fraction of sp³-hybridized carbons (Fsp3) is 0.583. The Hall–Kier alpha value is -1.25. The minimum absolute atomic E-state index is 0.118. The zero-order valence-corrected chi connectivity index (χ0v) is 9.32. The fourth-order valence-electron chi connectivity index (χ4n) is 2.15. The standard InChI is InChI=1S/C12H17NO2/c1-9-4-3-6-13(8-9)12(14)11-5-7-15-10(11)2/h5,7,9H,3-4,6,8H2,1-2H3. The highest BCUT2D eigenvalue weighted by atomic mass is 16.3. The van der Waals surface area contributed by atoms with Crippen molar-refractivity contribution in [1.29, 1.82) is 0 Å². The van der Waals surface area contributed by atoms with E-state index < -0.39 is 0 Å².